The van der Waals surface area contributed by atoms with Crippen LogP contribution in [0.5, 0.6) is 0 Å². The predicted molar refractivity (Wildman–Crippen MR) is 127 cm³/mol. The third-order valence-corrected chi connectivity index (χ3v) is 5.51. The molecule has 0 unspecified atom stereocenters. The fourth-order valence-electron chi connectivity index (χ4n) is 3.90. The highest BCUT2D eigenvalue weighted by Crippen LogP contribution is 2.34. The first-order chi connectivity index (χ1) is 14.5. The molecule has 0 spiro atoms. The molecule has 1 aromatic heterocycles. The van der Waals surface area contributed by atoms with Gasteiger partial charge in [-0.3, -0.25) is 0 Å². The fraction of sp³-hybridized carbons (Fsp3) is 0.143. The van der Waals surface area contributed by atoms with E-state index in [2.05, 4.69) is 106 Å². The maximum Gasteiger partial charge on any atom is 0.135 e. The Bertz CT molecular complexity index is 1360. The molecule has 0 aliphatic carbocycles. The molecule has 146 valence electrons. The minimum atomic E-state index is -0.142. The van der Waals surface area contributed by atoms with Crippen LogP contribution in [0.4, 0.5) is 0 Å². The SMILES string of the molecule is CC(C)(C)c1nc(-c2cccc(-c3ccccc3)c2)c2ccc3ccccc3c2n1. The molecule has 0 radical (unpaired) electrons. The third kappa shape index (κ3) is 3.25. The number of rotatable bonds is 2. The Hall–Kier alpha value is -3.52. The van der Waals surface area contributed by atoms with Gasteiger partial charge in [-0.15, -0.1) is 0 Å². The van der Waals surface area contributed by atoms with Crippen LogP contribution in [-0.4, -0.2) is 9.97 Å². The Morgan fingerprint density at radius 3 is 2.07 bits per heavy atom. The first kappa shape index (κ1) is 18.5. The topological polar surface area (TPSA) is 25.8 Å². The minimum Gasteiger partial charge on any atom is -0.232 e. The average molecular weight is 389 g/mol. The first-order valence-corrected chi connectivity index (χ1v) is 10.4. The molecule has 0 amide bonds. The molecule has 2 heteroatoms. The number of hydrogen-bond acceptors (Lipinski definition) is 2. The zero-order chi connectivity index (χ0) is 20.7. The molecule has 0 aliphatic rings. The lowest BCUT2D eigenvalue weighted by atomic mass is 9.93. The summed E-state index contributed by atoms with van der Waals surface area (Å²) in [6.45, 7) is 6.51. The third-order valence-electron chi connectivity index (χ3n) is 5.51. The van der Waals surface area contributed by atoms with Crippen molar-refractivity contribution in [1.29, 1.82) is 0 Å². The minimum absolute atomic E-state index is 0.142. The molecule has 0 saturated carbocycles. The van der Waals surface area contributed by atoms with Gasteiger partial charge in [0.05, 0.1) is 11.2 Å². The van der Waals surface area contributed by atoms with Crippen molar-refractivity contribution in [2.24, 2.45) is 0 Å². The van der Waals surface area contributed by atoms with Crippen LogP contribution in [0.25, 0.3) is 44.1 Å². The van der Waals surface area contributed by atoms with Gasteiger partial charge >= 0.3 is 0 Å². The van der Waals surface area contributed by atoms with E-state index in [9.17, 15) is 0 Å². The molecule has 2 nitrogen and oxygen atoms in total. The summed E-state index contributed by atoms with van der Waals surface area (Å²) in [6, 6.07) is 31.9. The maximum atomic E-state index is 5.07. The van der Waals surface area contributed by atoms with E-state index in [1.807, 2.05) is 6.07 Å². The van der Waals surface area contributed by atoms with Crippen molar-refractivity contribution in [3.63, 3.8) is 0 Å². The van der Waals surface area contributed by atoms with Crippen molar-refractivity contribution in [2.45, 2.75) is 26.2 Å². The van der Waals surface area contributed by atoms with Crippen LogP contribution < -0.4 is 0 Å². The number of fused-ring (bicyclic) bond motifs is 3. The normalized spacial score (nSPS) is 11.8. The van der Waals surface area contributed by atoms with Crippen LogP contribution in [0.2, 0.25) is 0 Å². The second-order valence-electron chi connectivity index (χ2n) is 8.78. The van der Waals surface area contributed by atoms with Crippen molar-refractivity contribution in [2.75, 3.05) is 0 Å². The van der Waals surface area contributed by atoms with E-state index >= 15 is 0 Å². The molecule has 0 aliphatic heterocycles. The second kappa shape index (κ2) is 7.07. The lowest BCUT2D eigenvalue weighted by molar-refractivity contribution is 0.549. The smallest absolute Gasteiger partial charge is 0.135 e. The van der Waals surface area contributed by atoms with Crippen LogP contribution in [0.1, 0.15) is 26.6 Å². The maximum absolute atomic E-state index is 5.07. The van der Waals surface area contributed by atoms with Gasteiger partial charge in [0.1, 0.15) is 5.82 Å². The molecule has 1 heterocycles. The van der Waals surface area contributed by atoms with Gasteiger partial charge in [0.2, 0.25) is 0 Å². The van der Waals surface area contributed by atoms with Gasteiger partial charge in [-0.2, -0.15) is 0 Å². The Morgan fingerprint density at radius 2 is 1.27 bits per heavy atom. The average Bonchev–Trinajstić information content (AvgIpc) is 2.78. The van der Waals surface area contributed by atoms with Gasteiger partial charge < -0.3 is 0 Å². The van der Waals surface area contributed by atoms with Crippen LogP contribution >= 0.6 is 0 Å². The molecule has 0 N–H and O–H groups in total. The van der Waals surface area contributed by atoms with Gasteiger partial charge in [0, 0.05) is 21.8 Å². The predicted octanol–water partition coefficient (Wildman–Crippen LogP) is 7.41. The highest BCUT2D eigenvalue weighted by atomic mass is 14.9. The highest BCUT2D eigenvalue weighted by Gasteiger charge is 2.21. The van der Waals surface area contributed by atoms with Gasteiger partial charge in [-0.25, -0.2) is 9.97 Å². The molecule has 30 heavy (non-hydrogen) atoms. The Morgan fingerprint density at radius 1 is 0.567 bits per heavy atom. The molecule has 4 aromatic carbocycles. The van der Waals surface area contributed by atoms with Crippen LogP contribution in [0.3, 0.4) is 0 Å². The van der Waals surface area contributed by atoms with Gasteiger partial charge in [-0.1, -0.05) is 99.6 Å². The molecular weight excluding hydrogens is 364 g/mol. The zero-order valence-corrected chi connectivity index (χ0v) is 17.6. The highest BCUT2D eigenvalue weighted by molar-refractivity contribution is 6.09. The Labute approximate surface area is 177 Å². The first-order valence-electron chi connectivity index (χ1n) is 10.4. The van der Waals surface area contributed by atoms with E-state index in [1.54, 1.807) is 0 Å². The van der Waals surface area contributed by atoms with Crippen molar-refractivity contribution in [3.05, 3.63) is 96.8 Å². The summed E-state index contributed by atoms with van der Waals surface area (Å²) in [5.74, 6) is 0.867. The number of aromatic nitrogens is 2. The summed E-state index contributed by atoms with van der Waals surface area (Å²) in [5.41, 5.74) is 5.39. The molecule has 0 atom stereocenters. The van der Waals surface area contributed by atoms with E-state index in [0.717, 1.165) is 28.0 Å². The summed E-state index contributed by atoms with van der Waals surface area (Å²) < 4.78 is 0. The largest absolute Gasteiger partial charge is 0.232 e. The van der Waals surface area contributed by atoms with Crippen molar-refractivity contribution < 1.29 is 0 Å². The molecule has 0 bridgehead atoms. The lowest BCUT2D eigenvalue weighted by Crippen LogP contribution is -2.16. The Kier molecular flexibility index (Phi) is 4.36. The molecule has 0 saturated heterocycles. The monoisotopic (exact) mass is 388 g/mol. The molecular formula is C28H24N2. The van der Waals surface area contributed by atoms with E-state index < -0.39 is 0 Å². The number of nitrogens with zero attached hydrogens (tertiary/aromatic N) is 2. The van der Waals surface area contributed by atoms with Crippen LogP contribution in [0, 0.1) is 0 Å². The molecule has 0 fully saturated rings. The second-order valence-corrected chi connectivity index (χ2v) is 8.78. The van der Waals surface area contributed by atoms with Crippen molar-refractivity contribution in [1.82, 2.24) is 9.97 Å². The summed E-state index contributed by atoms with van der Waals surface area (Å²) in [5, 5.41) is 3.46. The van der Waals surface area contributed by atoms with Gasteiger partial charge in [0.15, 0.2) is 0 Å². The summed E-state index contributed by atoms with van der Waals surface area (Å²) in [7, 11) is 0. The fourth-order valence-corrected chi connectivity index (χ4v) is 3.90. The van der Waals surface area contributed by atoms with Gasteiger partial charge in [-0.05, 0) is 28.6 Å². The Balaban J connectivity index is 1.82. The summed E-state index contributed by atoms with van der Waals surface area (Å²) in [6.07, 6.45) is 0. The van der Waals surface area contributed by atoms with E-state index in [4.69, 9.17) is 9.97 Å². The number of hydrogen-bond donors (Lipinski definition) is 0. The summed E-state index contributed by atoms with van der Waals surface area (Å²) in [4.78, 5) is 10.1. The summed E-state index contributed by atoms with van der Waals surface area (Å²) >= 11 is 0. The van der Waals surface area contributed by atoms with Crippen molar-refractivity contribution >= 4 is 21.7 Å². The quantitative estimate of drug-likeness (QED) is 0.294. The van der Waals surface area contributed by atoms with E-state index in [1.165, 1.54) is 21.9 Å². The van der Waals surface area contributed by atoms with Crippen LogP contribution in [-0.2, 0) is 5.41 Å². The molecule has 5 aromatic rings. The molecule has 5 rings (SSSR count). The standard InChI is InChI=1S/C28H24N2/c1-28(2,3)27-29-25(22-14-9-13-21(18-22)19-10-5-4-6-11-19)24-17-16-20-12-7-8-15-23(20)26(24)30-27/h4-18H,1-3H3. The van der Waals surface area contributed by atoms with E-state index in [0.29, 0.717) is 0 Å². The number of benzene rings is 4. The van der Waals surface area contributed by atoms with E-state index in [-0.39, 0.29) is 5.41 Å². The van der Waals surface area contributed by atoms with Gasteiger partial charge in [0.25, 0.3) is 0 Å². The van der Waals surface area contributed by atoms with Crippen LogP contribution in [0.15, 0.2) is 91.0 Å². The zero-order valence-electron chi connectivity index (χ0n) is 17.6. The van der Waals surface area contributed by atoms with Crippen molar-refractivity contribution in [3.8, 4) is 22.4 Å². The lowest BCUT2D eigenvalue weighted by Gasteiger charge is -2.19.